The van der Waals surface area contributed by atoms with Crippen LogP contribution in [0.4, 0.5) is 4.39 Å². The van der Waals surface area contributed by atoms with Crippen LogP contribution in [0.25, 0.3) is 22.0 Å². The molecule has 2 heteroatoms. The van der Waals surface area contributed by atoms with E-state index < -0.39 is 0 Å². The maximum atomic E-state index is 15.8. The Morgan fingerprint density at radius 3 is 2.45 bits per heavy atom. The lowest BCUT2D eigenvalue weighted by Crippen LogP contribution is -2.72. The van der Waals surface area contributed by atoms with Gasteiger partial charge in [-0.05, 0) is 41.5 Å². The van der Waals surface area contributed by atoms with Gasteiger partial charge in [-0.1, -0.05) is 58.0 Å². The van der Waals surface area contributed by atoms with Gasteiger partial charge in [-0.25, -0.2) is 4.39 Å². The van der Waals surface area contributed by atoms with Crippen molar-refractivity contribution < 1.29 is 8.96 Å². The van der Waals surface area contributed by atoms with E-state index in [4.69, 9.17) is 0 Å². The fraction of sp³-hybridized carbons (Fsp3) is 0.370. The highest BCUT2D eigenvalue weighted by molar-refractivity contribution is 6.01. The van der Waals surface area contributed by atoms with Crippen LogP contribution in [0.15, 0.2) is 48.7 Å². The molecule has 0 amide bonds. The number of nitrogens with zero attached hydrogens (tertiary/aromatic N) is 1. The molecule has 0 saturated carbocycles. The zero-order valence-electron chi connectivity index (χ0n) is 17.9. The predicted molar refractivity (Wildman–Crippen MR) is 116 cm³/mol. The minimum atomic E-state index is -0.375. The summed E-state index contributed by atoms with van der Waals surface area (Å²) in [6.45, 7) is 10.9. The van der Waals surface area contributed by atoms with Crippen LogP contribution in [0.2, 0.25) is 0 Å². The van der Waals surface area contributed by atoms with Crippen molar-refractivity contribution in [1.29, 1.82) is 0 Å². The van der Waals surface area contributed by atoms with Crippen LogP contribution in [0.3, 0.4) is 0 Å². The molecule has 0 fully saturated rings. The molecule has 29 heavy (non-hydrogen) atoms. The Morgan fingerprint density at radius 2 is 1.79 bits per heavy atom. The summed E-state index contributed by atoms with van der Waals surface area (Å²) in [5.41, 5.74) is 6.06. The van der Waals surface area contributed by atoms with E-state index in [1.54, 1.807) is 0 Å². The van der Waals surface area contributed by atoms with Crippen molar-refractivity contribution in [2.75, 3.05) is 0 Å². The van der Waals surface area contributed by atoms with Gasteiger partial charge < -0.3 is 0 Å². The molecule has 1 nitrogen and oxygen atoms in total. The van der Waals surface area contributed by atoms with Crippen molar-refractivity contribution in [2.24, 2.45) is 0 Å². The average molecular weight is 385 g/mol. The normalized spacial score (nSPS) is 27.0. The Bertz CT molecular complexity index is 1280. The molecule has 2 heterocycles. The maximum Gasteiger partial charge on any atom is 0.222 e. The standard InChI is InChI=1S/C27H27FN/c1-6-26-12-13-27(26,7-2)29-14-11-17-9-8-10-18-20(17)24(29)21-19(26)15-16(3)23(28)22(21)25(18,4)5/h8-15H,6-7H2,1-5H3/q+1. The van der Waals surface area contributed by atoms with Gasteiger partial charge in [0.15, 0.2) is 11.7 Å². The van der Waals surface area contributed by atoms with E-state index in [0.29, 0.717) is 0 Å². The number of aryl methyl sites for hydroxylation is 1. The molecule has 2 aromatic carbocycles. The molecule has 2 atom stereocenters. The Kier molecular flexibility index (Phi) is 2.98. The van der Waals surface area contributed by atoms with Crippen LogP contribution in [-0.2, 0) is 16.4 Å². The zero-order valence-corrected chi connectivity index (χ0v) is 17.9. The Hall–Kier alpha value is -2.48. The van der Waals surface area contributed by atoms with Gasteiger partial charge in [-0.3, -0.25) is 0 Å². The summed E-state index contributed by atoms with van der Waals surface area (Å²) in [5, 5.41) is 2.55. The number of aromatic nitrogens is 1. The van der Waals surface area contributed by atoms with Crippen LogP contribution >= 0.6 is 0 Å². The largest absolute Gasteiger partial charge is 0.222 e. The van der Waals surface area contributed by atoms with Crippen molar-refractivity contribution in [3.05, 3.63) is 76.8 Å². The topological polar surface area (TPSA) is 3.88 Å². The number of benzene rings is 2. The molecule has 2 unspecified atom stereocenters. The van der Waals surface area contributed by atoms with Crippen LogP contribution in [0.5, 0.6) is 0 Å². The fourth-order valence-electron chi connectivity index (χ4n) is 6.85. The number of allylic oxidation sites excluding steroid dienone is 2. The molecule has 1 aromatic heterocycles. The van der Waals surface area contributed by atoms with Gasteiger partial charge >= 0.3 is 0 Å². The summed E-state index contributed by atoms with van der Waals surface area (Å²) in [5.74, 6) is -0.0367. The van der Waals surface area contributed by atoms with Crippen LogP contribution < -0.4 is 4.57 Å². The Balaban J connectivity index is 1.95. The molecule has 0 radical (unpaired) electrons. The molecule has 0 spiro atoms. The first-order valence-corrected chi connectivity index (χ1v) is 10.9. The summed E-state index contributed by atoms with van der Waals surface area (Å²) in [6.07, 6.45) is 9.07. The highest BCUT2D eigenvalue weighted by Crippen LogP contribution is 2.61. The van der Waals surface area contributed by atoms with Crippen molar-refractivity contribution in [3.8, 4) is 11.3 Å². The first-order valence-electron chi connectivity index (χ1n) is 10.9. The summed E-state index contributed by atoms with van der Waals surface area (Å²) < 4.78 is 18.3. The van der Waals surface area contributed by atoms with Gasteiger partial charge in [0.1, 0.15) is 5.82 Å². The quantitative estimate of drug-likeness (QED) is 0.365. The zero-order chi connectivity index (χ0) is 20.3. The summed E-state index contributed by atoms with van der Waals surface area (Å²) in [7, 11) is 0. The summed E-state index contributed by atoms with van der Waals surface area (Å²) in [4.78, 5) is 0. The van der Waals surface area contributed by atoms with Crippen molar-refractivity contribution in [3.63, 3.8) is 0 Å². The molecule has 0 bridgehead atoms. The van der Waals surface area contributed by atoms with Gasteiger partial charge in [0, 0.05) is 23.5 Å². The average Bonchev–Trinajstić information content (AvgIpc) is 2.69. The molecule has 1 aliphatic heterocycles. The molecular formula is C27H27FN+. The van der Waals surface area contributed by atoms with Crippen molar-refractivity contribution in [2.45, 2.75) is 63.8 Å². The van der Waals surface area contributed by atoms with Gasteiger partial charge in [0.05, 0.1) is 16.4 Å². The maximum absolute atomic E-state index is 15.8. The number of pyridine rings is 1. The number of rotatable bonds is 2. The molecule has 146 valence electrons. The van der Waals surface area contributed by atoms with Crippen molar-refractivity contribution in [1.82, 2.24) is 0 Å². The lowest BCUT2D eigenvalue weighted by atomic mass is 9.50. The van der Waals surface area contributed by atoms with E-state index in [9.17, 15) is 0 Å². The second-order valence-electron chi connectivity index (χ2n) is 9.67. The minimum absolute atomic E-state index is 0.0367. The Labute approximate surface area is 171 Å². The van der Waals surface area contributed by atoms with E-state index in [1.165, 1.54) is 27.6 Å². The Morgan fingerprint density at radius 1 is 1.00 bits per heavy atom. The summed E-state index contributed by atoms with van der Waals surface area (Å²) in [6, 6.07) is 10.9. The van der Waals surface area contributed by atoms with Crippen LogP contribution in [0, 0.1) is 12.7 Å². The second-order valence-corrected chi connectivity index (χ2v) is 9.67. The third-order valence-corrected chi connectivity index (χ3v) is 8.38. The first-order chi connectivity index (χ1) is 13.8. The molecule has 6 rings (SSSR count). The SMILES string of the molecule is CCC12C=CC1(CC)[n+]1ccc3cccc4c3c1-c1c2cc(C)c(F)c1C4(C)C. The summed E-state index contributed by atoms with van der Waals surface area (Å²) >= 11 is 0. The van der Waals surface area contributed by atoms with Crippen LogP contribution in [-0.4, -0.2) is 0 Å². The van der Waals surface area contributed by atoms with E-state index >= 15 is 4.39 Å². The number of hydrogen-bond donors (Lipinski definition) is 0. The van der Waals surface area contributed by atoms with E-state index in [-0.39, 0.29) is 22.2 Å². The molecular weight excluding hydrogens is 357 g/mol. The number of halogens is 1. The third kappa shape index (κ3) is 1.58. The van der Waals surface area contributed by atoms with Gasteiger partial charge in [-0.2, -0.15) is 4.57 Å². The van der Waals surface area contributed by atoms with E-state index in [0.717, 1.165) is 29.5 Å². The minimum Gasteiger partial charge on any atom is -0.206 e. The molecule has 3 aliphatic rings. The monoisotopic (exact) mass is 384 g/mol. The van der Waals surface area contributed by atoms with Gasteiger partial charge in [0.2, 0.25) is 5.69 Å². The second kappa shape index (κ2) is 4.98. The molecule has 2 aliphatic carbocycles. The van der Waals surface area contributed by atoms with Crippen molar-refractivity contribution >= 4 is 10.8 Å². The predicted octanol–water partition coefficient (Wildman–Crippen LogP) is 6.22. The van der Waals surface area contributed by atoms with Gasteiger partial charge in [-0.15, -0.1) is 0 Å². The lowest BCUT2D eigenvalue weighted by molar-refractivity contribution is -0.758. The smallest absolute Gasteiger partial charge is 0.206 e. The lowest BCUT2D eigenvalue weighted by Gasteiger charge is -2.54. The molecule has 0 N–H and O–H groups in total. The highest BCUT2D eigenvalue weighted by atomic mass is 19.1. The molecule has 0 saturated heterocycles. The van der Waals surface area contributed by atoms with Crippen LogP contribution in [0.1, 0.15) is 62.8 Å². The number of hydrogen-bond acceptors (Lipinski definition) is 0. The highest BCUT2D eigenvalue weighted by Gasteiger charge is 2.66. The van der Waals surface area contributed by atoms with Gasteiger partial charge in [0.25, 0.3) is 0 Å². The fourth-order valence-corrected chi connectivity index (χ4v) is 6.85. The van der Waals surface area contributed by atoms with E-state index in [1.807, 2.05) is 6.92 Å². The third-order valence-electron chi connectivity index (χ3n) is 8.38. The number of fused-ring (bicyclic) bond motifs is 3. The van der Waals surface area contributed by atoms with E-state index in [2.05, 4.69) is 80.9 Å². The first kappa shape index (κ1) is 17.4. The molecule has 3 aromatic rings.